The van der Waals surface area contributed by atoms with Gasteiger partial charge >= 0.3 is 0 Å². The zero-order valence-corrected chi connectivity index (χ0v) is 8.46. The molecule has 0 amide bonds. The lowest BCUT2D eigenvalue weighted by Gasteiger charge is -2.05. The molecule has 1 aliphatic heterocycles. The Morgan fingerprint density at radius 1 is 1.64 bits per heavy atom. The van der Waals surface area contributed by atoms with Crippen molar-refractivity contribution in [2.24, 2.45) is 4.99 Å². The van der Waals surface area contributed by atoms with Gasteiger partial charge in [-0.25, -0.2) is 0 Å². The summed E-state index contributed by atoms with van der Waals surface area (Å²) in [6.07, 6.45) is 3.43. The van der Waals surface area contributed by atoms with Crippen molar-refractivity contribution in [3.63, 3.8) is 0 Å². The number of rotatable bonds is 3. The van der Waals surface area contributed by atoms with Gasteiger partial charge < -0.3 is 10.6 Å². The maximum Gasteiger partial charge on any atom is 0.191 e. The summed E-state index contributed by atoms with van der Waals surface area (Å²) < 4.78 is 1.80. The summed E-state index contributed by atoms with van der Waals surface area (Å²) in [5, 5.41) is 11.0. The van der Waals surface area contributed by atoms with Gasteiger partial charge in [-0.3, -0.25) is 9.67 Å². The molecule has 0 fully saturated rings. The van der Waals surface area contributed by atoms with Crippen molar-refractivity contribution in [3.8, 4) is 0 Å². The van der Waals surface area contributed by atoms with E-state index in [-0.39, 0.29) is 0 Å². The molecule has 0 spiro atoms. The molecular formula is C8H12ClN5. The molecule has 0 aliphatic carbocycles. The minimum absolute atomic E-state index is 0.668. The average Bonchev–Trinajstić information content (AvgIpc) is 2.77. The Balaban J connectivity index is 1.72. The predicted molar refractivity (Wildman–Crippen MR) is 55.5 cm³/mol. The molecule has 6 heteroatoms. The van der Waals surface area contributed by atoms with Gasteiger partial charge in [0.1, 0.15) is 0 Å². The number of hydrogen-bond donors (Lipinski definition) is 2. The normalized spacial score (nSPS) is 15.1. The smallest absolute Gasteiger partial charge is 0.191 e. The van der Waals surface area contributed by atoms with Crippen LogP contribution in [0.1, 0.15) is 0 Å². The second-order valence-corrected chi connectivity index (χ2v) is 3.44. The Kier molecular flexibility index (Phi) is 2.88. The van der Waals surface area contributed by atoms with Gasteiger partial charge in [-0.05, 0) is 0 Å². The predicted octanol–water partition coefficient (Wildman–Crippen LogP) is 0.0853. The number of halogens is 1. The SMILES string of the molecule is Clc1cnn(CCNC2=NCCN2)c1. The first-order valence-electron chi connectivity index (χ1n) is 4.55. The van der Waals surface area contributed by atoms with Gasteiger partial charge in [0.05, 0.1) is 24.3 Å². The lowest BCUT2D eigenvalue weighted by Crippen LogP contribution is -2.35. The first kappa shape index (κ1) is 9.33. The summed E-state index contributed by atoms with van der Waals surface area (Å²) in [4.78, 5) is 4.21. The van der Waals surface area contributed by atoms with E-state index in [1.165, 1.54) is 0 Å². The third kappa shape index (κ3) is 2.38. The highest BCUT2D eigenvalue weighted by Crippen LogP contribution is 2.03. The summed E-state index contributed by atoms with van der Waals surface area (Å²) in [5.74, 6) is 0.878. The minimum Gasteiger partial charge on any atom is -0.355 e. The maximum atomic E-state index is 5.73. The zero-order valence-electron chi connectivity index (χ0n) is 7.70. The van der Waals surface area contributed by atoms with Gasteiger partial charge in [-0.2, -0.15) is 5.10 Å². The fourth-order valence-corrected chi connectivity index (χ4v) is 1.42. The van der Waals surface area contributed by atoms with E-state index in [0.29, 0.717) is 5.02 Å². The van der Waals surface area contributed by atoms with E-state index >= 15 is 0 Å². The molecule has 0 radical (unpaired) electrons. The number of guanidine groups is 1. The lowest BCUT2D eigenvalue weighted by atomic mass is 10.6. The van der Waals surface area contributed by atoms with Crippen LogP contribution in [0.3, 0.4) is 0 Å². The van der Waals surface area contributed by atoms with Crippen molar-refractivity contribution in [2.45, 2.75) is 6.54 Å². The summed E-state index contributed by atoms with van der Waals surface area (Å²) in [6, 6.07) is 0. The largest absolute Gasteiger partial charge is 0.355 e. The lowest BCUT2D eigenvalue weighted by molar-refractivity contribution is 0.600. The summed E-state index contributed by atoms with van der Waals surface area (Å²) in [5.41, 5.74) is 0. The standard InChI is InChI=1S/C8H12ClN5/c9-7-5-13-14(6-7)4-3-12-8-10-1-2-11-8/h5-6H,1-4H2,(H2,10,11,12). The van der Waals surface area contributed by atoms with Gasteiger partial charge in [0.15, 0.2) is 5.96 Å². The molecule has 2 rings (SSSR count). The quantitative estimate of drug-likeness (QED) is 0.748. The van der Waals surface area contributed by atoms with Gasteiger partial charge in [-0.1, -0.05) is 11.6 Å². The van der Waals surface area contributed by atoms with Gasteiger partial charge in [-0.15, -0.1) is 0 Å². The number of aliphatic imine (C=N–C) groups is 1. The van der Waals surface area contributed by atoms with E-state index in [2.05, 4.69) is 20.7 Å². The van der Waals surface area contributed by atoms with Crippen molar-refractivity contribution >= 4 is 17.6 Å². The van der Waals surface area contributed by atoms with Crippen molar-refractivity contribution in [2.75, 3.05) is 19.6 Å². The molecule has 0 bridgehead atoms. The highest BCUT2D eigenvalue weighted by molar-refractivity contribution is 6.30. The molecule has 2 N–H and O–H groups in total. The van der Waals surface area contributed by atoms with E-state index in [9.17, 15) is 0 Å². The monoisotopic (exact) mass is 213 g/mol. The summed E-state index contributed by atoms with van der Waals surface area (Å²) in [7, 11) is 0. The fraction of sp³-hybridized carbons (Fsp3) is 0.500. The second-order valence-electron chi connectivity index (χ2n) is 3.01. The first-order chi connectivity index (χ1) is 6.84. The Hall–Kier alpha value is -1.23. The van der Waals surface area contributed by atoms with Crippen LogP contribution in [-0.2, 0) is 6.54 Å². The highest BCUT2D eigenvalue weighted by Gasteiger charge is 2.02. The molecule has 0 unspecified atom stereocenters. The van der Waals surface area contributed by atoms with E-state index in [1.807, 2.05) is 0 Å². The number of hydrogen-bond acceptors (Lipinski definition) is 4. The molecule has 0 saturated carbocycles. The van der Waals surface area contributed by atoms with Crippen LogP contribution in [0.25, 0.3) is 0 Å². The highest BCUT2D eigenvalue weighted by atomic mass is 35.5. The molecule has 0 atom stereocenters. The molecule has 1 aromatic rings. The topological polar surface area (TPSA) is 54.2 Å². The zero-order chi connectivity index (χ0) is 9.80. The fourth-order valence-electron chi connectivity index (χ4n) is 1.27. The van der Waals surface area contributed by atoms with Gasteiger partial charge in [0.2, 0.25) is 0 Å². The number of nitrogens with one attached hydrogen (secondary N) is 2. The Morgan fingerprint density at radius 3 is 3.21 bits per heavy atom. The molecule has 1 aliphatic rings. The van der Waals surface area contributed by atoms with Crippen molar-refractivity contribution in [1.82, 2.24) is 20.4 Å². The molecule has 5 nitrogen and oxygen atoms in total. The van der Waals surface area contributed by atoms with E-state index in [0.717, 1.165) is 32.1 Å². The Morgan fingerprint density at radius 2 is 2.57 bits per heavy atom. The van der Waals surface area contributed by atoms with Crippen LogP contribution in [0.15, 0.2) is 17.4 Å². The molecule has 0 saturated heterocycles. The Bertz CT molecular complexity index is 332. The van der Waals surface area contributed by atoms with Crippen LogP contribution >= 0.6 is 11.6 Å². The number of nitrogens with zero attached hydrogens (tertiary/aromatic N) is 3. The van der Waals surface area contributed by atoms with E-state index in [4.69, 9.17) is 11.6 Å². The average molecular weight is 214 g/mol. The van der Waals surface area contributed by atoms with E-state index in [1.54, 1.807) is 17.1 Å². The molecule has 2 heterocycles. The molecule has 0 aromatic carbocycles. The van der Waals surface area contributed by atoms with E-state index < -0.39 is 0 Å². The van der Waals surface area contributed by atoms with Gasteiger partial charge in [0.25, 0.3) is 0 Å². The molecule has 76 valence electrons. The van der Waals surface area contributed by atoms with Crippen molar-refractivity contribution in [3.05, 3.63) is 17.4 Å². The second kappa shape index (κ2) is 4.32. The summed E-state index contributed by atoms with van der Waals surface area (Å²) in [6.45, 7) is 3.36. The van der Waals surface area contributed by atoms with Crippen LogP contribution < -0.4 is 10.6 Å². The van der Waals surface area contributed by atoms with Crippen LogP contribution in [0.5, 0.6) is 0 Å². The van der Waals surface area contributed by atoms with Gasteiger partial charge in [0, 0.05) is 19.3 Å². The third-order valence-corrected chi connectivity index (χ3v) is 2.10. The third-order valence-electron chi connectivity index (χ3n) is 1.91. The maximum absolute atomic E-state index is 5.73. The minimum atomic E-state index is 0.668. The van der Waals surface area contributed by atoms with Crippen LogP contribution in [0, 0.1) is 0 Å². The van der Waals surface area contributed by atoms with Crippen LogP contribution in [0.4, 0.5) is 0 Å². The number of aromatic nitrogens is 2. The molecule has 14 heavy (non-hydrogen) atoms. The summed E-state index contributed by atoms with van der Waals surface area (Å²) >= 11 is 5.73. The van der Waals surface area contributed by atoms with Crippen LogP contribution in [0.2, 0.25) is 5.02 Å². The van der Waals surface area contributed by atoms with Crippen molar-refractivity contribution in [1.29, 1.82) is 0 Å². The van der Waals surface area contributed by atoms with Crippen molar-refractivity contribution < 1.29 is 0 Å². The molecule has 1 aromatic heterocycles. The molecular weight excluding hydrogens is 202 g/mol. The van der Waals surface area contributed by atoms with Crippen LogP contribution in [-0.4, -0.2) is 35.4 Å². The first-order valence-corrected chi connectivity index (χ1v) is 4.92. The Labute approximate surface area is 87.2 Å².